The molecule has 1 aromatic heterocycles. The van der Waals surface area contributed by atoms with Crippen molar-refractivity contribution in [2.24, 2.45) is 5.73 Å². The summed E-state index contributed by atoms with van der Waals surface area (Å²) in [6.45, 7) is 8.83. The van der Waals surface area contributed by atoms with E-state index in [1.807, 2.05) is 12.3 Å². The predicted molar refractivity (Wildman–Crippen MR) is 101 cm³/mol. The summed E-state index contributed by atoms with van der Waals surface area (Å²) in [6, 6.07) is 10.4. The first-order valence-electron chi connectivity index (χ1n) is 9.09. The van der Waals surface area contributed by atoms with Crippen molar-refractivity contribution in [3.05, 3.63) is 36.5 Å². The zero-order valence-electron chi connectivity index (χ0n) is 14.5. The highest BCUT2D eigenvalue weighted by molar-refractivity contribution is 5.90. The maximum Gasteiger partial charge on any atom is 0.0933 e. The number of rotatable bonds is 8. The van der Waals surface area contributed by atoms with E-state index in [9.17, 15) is 0 Å². The monoisotopic (exact) mass is 327 g/mol. The van der Waals surface area contributed by atoms with E-state index in [0.717, 1.165) is 50.2 Å². The third-order valence-electron chi connectivity index (χ3n) is 4.74. The van der Waals surface area contributed by atoms with Crippen LogP contribution in [0.15, 0.2) is 36.5 Å². The summed E-state index contributed by atoms with van der Waals surface area (Å²) < 4.78 is 0. The van der Waals surface area contributed by atoms with E-state index < -0.39 is 0 Å². The van der Waals surface area contributed by atoms with Gasteiger partial charge in [-0.3, -0.25) is 4.98 Å². The van der Waals surface area contributed by atoms with Gasteiger partial charge >= 0.3 is 0 Å². The van der Waals surface area contributed by atoms with Gasteiger partial charge in [-0.15, -0.1) is 0 Å². The van der Waals surface area contributed by atoms with Gasteiger partial charge in [0.2, 0.25) is 0 Å². The molecule has 0 saturated carbocycles. The van der Waals surface area contributed by atoms with E-state index in [2.05, 4.69) is 44.4 Å². The van der Waals surface area contributed by atoms with Gasteiger partial charge in [0.25, 0.3) is 0 Å². The predicted octanol–water partition coefficient (Wildman–Crippen LogP) is 2.00. The molecular formula is C19H29N5. The Hall–Kier alpha value is -1.69. The molecule has 1 aliphatic rings. The van der Waals surface area contributed by atoms with Gasteiger partial charge in [0.05, 0.1) is 11.2 Å². The second-order valence-electron chi connectivity index (χ2n) is 6.49. The quantitative estimate of drug-likeness (QED) is 0.726. The number of piperazine rings is 1. The third kappa shape index (κ3) is 4.66. The van der Waals surface area contributed by atoms with Crippen LogP contribution in [0.2, 0.25) is 0 Å². The first kappa shape index (κ1) is 17.1. The smallest absolute Gasteiger partial charge is 0.0933 e. The molecule has 0 atom stereocenters. The first-order valence-corrected chi connectivity index (χ1v) is 9.09. The van der Waals surface area contributed by atoms with Crippen LogP contribution >= 0.6 is 0 Å². The standard InChI is InChI=1S/C19H29N5/c20-8-3-11-23-13-15-24(16-14-23)12-4-10-21-18-7-1-5-17-6-2-9-22-19(17)18/h1-2,5-7,9,21H,3-4,8,10-16,20H2. The average molecular weight is 327 g/mol. The molecule has 5 nitrogen and oxygen atoms in total. The molecule has 2 aromatic rings. The minimum absolute atomic E-state index is 0.801. The molecule has 24 heavy (non-hydrogen) atoms. The topological polar surface area (TPSA) is 57.4 Å². The Morgan fingerprint density at radius 2 is 1.67 bits per heavy atom. The summed E-state index contributed by atoms with van der Waals surface area (Å²) in [4.78, 5) is 9.60. The average Bonchev–Trinajstić information content (AvgIpc) is 2.64. The Balaban J connectivity index is 1.38. The Morgan fingerprint density at radius 1 is 0.958 bits per heavy atom. The molecule has 0 spiro atoms. The van der Waals surface area contributed by atoms with Crippen molar-refractivity contribution in [1.82, 2.24) is 14.8 Å². The largest absolute Gasteiger partial charge is 0.383 e. The Labute approximate surface area is 144 Å². The number of fused-ring (bicyclic) bond motifs is 1. The van der Waals surface area contributed by atoms with Crippen LogP contribution in [0, 0.1) is 0 Å². The lowest BCUT2D eigenvalue weighted by Crippen LogP contribution is -2.47. The molecule has 0 radical (unpaired) electrons. The summed E-state index contributed by atoms with van der Waals surface area (Å²) in [6.07, 6.45) is 4.13. The normalized spacial score (nSPS) is 16.5. The van der Waals surface area contributed by atoms with Crippen molar-refractivity contribution in [1.29, 1.82) is 0 Å². The molecule has 0 bridgehead atoms. The fourth-order valence-electron chi connectivity index (χ4n) is 3.32. The van der Waals surface area contributed by atoms with E-state index in [-0.39, 0.29) is 0 Å². The molecule has 5 heteroatoms. The number of anilines is 1. The Kier molecular flexibility index (Phi) is 6.41. The lowest BCUT2D eigenvalue weighted by atomic mass is 10.2. The van der Waals surface area contributed by atoms with Crippen molar-refractivity contribution in [3.63, 3.8) is 0 Å². The summed E-state index contributed by atoms with van der Waals surface area (Å²) in [7, 11) is 0. The minimum atomic E-state index is 0.801. The van der Waals surface area contributed by atoms with Crippen LogP contribution < -0.4 is 11.1 Å². The lowest BCUT2D eigenvalue weighted by molar-refractivity contribution is 0.132. The maximum atomic E-state index is 5.59. The Bertz CT molecular complexity index is 617. The number of benzene rings is 1. The molecule has 130 valence electrons. The Morgan fingerprint density at radius 3 is 2.42 bits per heavy atom. The molecule has 1 aromatic carbocycles. The van der Waals surface area contributed by atoms with Gasteiger partial charge in [-0.1, -0.05) is 18.2 Å². The number of para-hydroxylation sites is 1. The van der Waals surface area contributed by atoms with Crippen LogP contribution in [0.1, 0.15) is 12.8 Å². The van der Waals surface area contributed by atoms with Crippen molar-refractivity contribution >= 4 is 16.6 Å². The summed E-state index contributed by atoms with van der Waals surface area (Å²) >= 11 is 0. The second-order valence-corrected chi connectivity index (χ2v) is 6.49. The van der Waals surface area contributed by atoms with E-state index in [0.29, 0.717) is 0 Å². The number of aromatic nitrogens is 1. The molecular weight excluding hydrogens is 298 g/mol. The maximum absolute atomic E-state index is 5.59. The first-order chi connectivity index (χ1) is 11.9. The van der Waals surface area contributed by atoms with Gasteiger partial charge in [0.1, 0.15) is 0 Å². The highest BCUT2D eigenvalue weighted by Gasteiger charge is 2.15. The number of hydrogen-bond acceptors (Lipinski definition) is 5. The van der Waals surface area contributed by atoms with Crippen LogP contribution in [0.5, 0.6) is 0 Å². The van der Waals surface area contributed by atoms with Gasteiger partial charge in [0, 0.05) is 44.3 Å². The van der Waals surface area contributed by atoms with Crippen molar-refractivity contribution < 1.29 is 0 Å². The molecule has 0 aliphatic carbocycles. The number of hydrogen-bond donors (Lipinski definition) is 2. The van der Waals surface area contributed by atoms with Crippen LogP contribution in [-0.4, -0.2) is 67.1 Å². The van der Waals surface area contributed by atoms with E-state index in [1.165, 1.54) is 31.6 Å². The molecule has 3 rings (SSSR count). The summed E-state index contributed by atoms with van der Waals surface area (Å²) in [5.41, 5.74) is 7.79. The fourth-order valence-corrected chi connectivity index (χ4v) is 3.32. The van der Waals surface area contributed by atoms with Crippen molar-refractivity contribution in [2.75, 3.05) is 57.7 Å². The molecule has 1 aliphatic heterocycles. The van der Waals surface area contributed by atoms with Crippen LogP contribution in [-0.2, 0) is 0 Å². The summed E-state index contributed by atoms with van der Waals surface area (Å²) in [5, 5.41) is 4.74. The van der Waals surface area contributed by atoms with Crippen molar-refractivity contribution in [3.8, 4) is 0 Å². The SMILES string of the molecule is NCCCN1CCN(CCCNc2cccc3cccnc23)CC1. The van der Waals surface area contributed by atoms with E-state index in [1.54, 1.807) is 0 Å². The van der Waals surface area contributed by atoms with E-state index >= 15 is 0 Å². The minimum Gasteiger partial charge on any atom is -0.383 e. The van der Waals surface area contributed by atoms with Crippen LogP contribution in [0.4, 0.5) is 5.69 Å². The van der Waals surface area contributed by atoms with Gasteiger partial charge < -0.3 is 20.9 Å². The number of nitrogens with zero attached hydrogens (tertiary/aromatic N) is 3. The molecule has 2 heterocycles. The zero-order chi connectivity index (χ0) is 16.6. The van der Waals surface area contributed by atoms with Gasteiger partial charge in [0.15, 0.2) is 0 Å². The lowest BCUT2D eigenvalue weighted by Gasteiger charge is -2.34. The van der Waals surface area contributed by atoms with Gasteiger partial charge in [-0.2, -0.15) is 0 Å². The van der Waals surface area contributed by atoms with Gasteiger partial charge in [-0.25, -0.2) is 0 Å². The molecule has 1 saturated heterocycles. The molecule has 3 N–H and O–H groups in total. The van der Waals surface area contributed by atoms with Crippen LogP contribution in [0.3, 0.4) is 0 Å². The molecule has 0 amide bonds. The fraction of sp³-hybridized carbons (Fsp3) is 0.526. The zero-order valence-corrected chi connectivity index (χ0v) is 14.5. The third-order valence-corrected chi connectivity index (χ3v) is 4.74. The highest BCUT2D eigenvalue weighted by Crippen LogP contribution is 2.20. The highest BCUT2D eigenvalue weighted by atomic mass is 15.3. The van der Waals surface area contributed by atoms with Crippen LogP contribution in [0.25, 0.3) is 10.9 Å². The van der Waals surface area contributed by atoms with Crippen molar-refractivity contribution in [2.45, 2.75) is 12.8 Å². The second kappa shape index (κ2) is 8.97. The van der Waals surface area contributed by atoms with Gasteiger partial charge in [-0.05, 0) is 44.6 Å². The number of nitrogens with two attached hydrogens (primary N) is 1. The number of pyridine rings is 1. The molecule has 0 unspecified atom stereocenters. The molecule has 1 fully saturated rings. The van der Waals surface area contributed by atoms with E-state index in [4.69, 9.17) is 5.73 Å². The number of nitrogens with one attached hydrogen (secondary N) is 1. The summed E-state index contributed by atoms with van der Waals surface area (Å²) in [5.74, 6) is 0.